The number of rotatable bonds is 4. The Balaban J connectivity index is 1.52. The first-order valence-corrected chi connectivity index (χ1v) is 7.27. The molecular weight excluding hydrogens is 238 g/mol. The molecule has 3 heteroatoms. The zero-order valence-corrected chi connectivity index (χ0v) is 11.4. The molecule has 2 heterocycles. The van der Waals surface area contributed by atoms with Crippen molar-refractivity contribution in [3.8, 4) is 0 Å². The molecule has 0 spiro atoms. The van der Waals surface area contributed by atoms with Gasteiger partial charge in [-0.2, -0.15) is 0 Å². The smallest absolute Gasteiger partial charge is 0.0579 e. The van der Waals surface area contributed by atoms with Crippen LogP contribution in [-0.2, 0) is 4.74 Å². The predicted molar refractivity (Wildman–Crippen MR) is 75.2 cm³/mol. The van der Waals surface area contributed by atoms with Gasteiger partial charge in [0.05, 0.1) is 25.2 Å². The molecule has 0 aliphatic carbocycles. The highest BCUT2D eigenvalue weighted by Crippen LogP contribution is 2.32. The van der Waals surface area contributed by atoms with Crippen molar-refractivity contribution in [1.29, 1.82) is 0 Å². The third kappa shape index (κ3) is 2.83. The van der Waals surface area contributed by atoms with E-state index in [1.807, 2.05) is 0 Å². The molecule has 1 aromatic rings. The van der Waals surface area contributed by atoms with Crippen LogP contribution >= 0.6 is 0 Å². The number of piperidine rings is 1. The highest BCUT2D eigenvalue weighted by atomic mass is 16.5. The highest BCUT2D eigenvalue weighted by molar-refractivity contribution is 5.20. The van der Waals surface area contributed by atoms with Crippen molar-refractivity contribution in [2.24, 2.45) is 5.41 Å². The van der Waals surface area contributed by atoms with Crippen LogP contribution in [0.1, 0.15) is 24.3 Å². The monoisotopic (exact) mass is 261 g/mol. The van der Waals surface area contributed by atoms with Gasteiger partial charge >= 0.3 is 0 Å². The Morgan fingerprint density at radius 1 is 1.16 bits per heavy atom. The zero-order chi connectivity index (χ0) is 13.1. The summed E-state index contributed by atoms with van der Waals surface area (Å²) in [5, 5.41) is 9.49. The second-order valence-electron chi connectivity index (χ2n) is 6.11. The van der Waals surface area contributed by atoms with Gasteiger partial charge in [0.25, 0.3) is 0 Å². The molecule has 0 radical (unpaired) electrons. The lowest BCUT2D eigenvalue weighted by Gasteiger charge is -2.45. The third-order valence-electron chi connectivity index (χ3n) is 4.57. The van der Waals surface area contributed by atoms with E-state index in [1.54, 1.807) is 0 Å². The molecule has 19 heavy (non-hydrogen) atoms. The first kappa shape index (κ1) is 13.1. The molecule has 2 aliphatic heterocycles. The van der Waals surface area contributed by atoms with Gasteiger partial charge in [-0.05, 0) is 37.4 Å². The summed E-state index contributed by atoms with van der Waals surface area (Å²) in [5.41, 5.74) is 1.51. The van der Waals surface area contributed by atoms with E-state index in [4.69, 9.17) is 4.74 Å². The fourth-order valence-corrected chi connectivity index (χ4v) is 3.25. The second-order valence-corrected chi connectivity index (χ2v) is 6.11. The molecule has 2 aliphatic rings. The summed E-state index contributed by atoms with van der Waals surface area (Å²) in [6.07, 6.45) is 2.46. The first-order valence-electron chi connectivity index (χ1n) is 7.27. The highest BCUT2D eigenvalue weighted by Gasteiger charge is 2.40. The number of aliphatic hydroxyl groups excluding tert-OH is 1. The predicted octanol–water partition coefficient (Wildman–Crippen LogP) is 1.87. The fourth-order valence-electron chi connectivity index (χ4n) is 3.25. The largest absolute Gasteiger partial charge is 0.396 e. The Kier molecular flexibility index (Phi) is 3.87. The molecule has 0 atom stereocenters. The quantitative estimate of drug-likeness (QED) is 0.898. The molecule has 3 nitrogen and oxygen atoms in total. The van der Waals surface area contributed by atoms with Crippen LogP contribution in [0.25, 0.3) is 0 Å². The van der Waals surface area contributed by atoms with Gasteiger partial charge in [-0.15, -0.1) is 0 Å². The molecule has 104 valence electrons. The van der Waals surface area contributed by atoms with Gasteiger partial charge in [-0.25, -0.2) is 0 Å². The standard InChI is InChI=1S/C16H23NO2/c18-11-16(12-19-13-16)10-17-8-6-15(7-9-17)14-4-2-1-3-5-14/h1-5,15,18H,6-13H2. The molecule has 0 bridgehead atoms. The Morgan fingerprint density at radius 2 is 1.84 bits per heavy atom. The number of likely N-dealkylation sites (tertiary alicyclic amines) is 1. The summed E-state index contributed by atoms with van der Waals surface area (Å²) in [6.45, 7) is 4.98. The van der Waals surface area contributed by atoms with Crippen molar-refractivity contribution in [2.45, 2.75) is 18.8 Å². The SMILES string of the molecule is OCC1(CN2CCC(c3ccccc3)CC2)COC1. The Morgan fingerprint density at radius 3 is 2.37 bits per heavy atom. The van der Waals surface area contributed by atoms with Gasteiger partial charge in [0.2, 0.25) is 0 Å². The van der Waals surface area contributed by atoms with Crippen molar-refractivity contribution in [3.05, 3.63) is 35.9 Å². The normalized spacial score (nSPS) is 24.1. The summed E-state index contributed by atoms with van der Waals surface area (Å²) in [5.74, 6) is 0.708. The topological polar surface area (TPSA) is 32.7 Å². The minimum atomic E-state index is 0.0274. The van der Waals surface area contributed by atoms with Gasteiger partial charge in [0, 0.05) is 6.54 Å². The lowest BCUT2D eigenvalue weighted by atomic mass is 9.84. The third-order valence-corrected chi connectivity index (χ3v) is 4.57. The number of hydrogen-bond acceptors (Lipinski definition) is 3. The molecule has 1 N–H and O–H groups in total. The molecule has 2 saturated heterocycles. The molecule has 0 amide bonds. The van der Waals surface area contributed by atoms with Crippen molar-refractivity contribution in [1.82, 2.24) is 4.90 Å². The number of ether oxygens (including phenoxy) is 1. The van der Waals surface area contributed by atoms with Crippen molar-refractivity contribution < 1.29 is 9.84 Å². The van der Waals surface area contributed by atoms with Crippen LogP contribution in [-0.4, -0.2) is 49.5 Å². The number of nitrogens with zero attached hydrogens (tertiary/aromatic N) is 1. The van der Waals surface area contributed by atoms with E-state index in [9.17, 15) is 5.11 Å². The summed E-state index contributed by atoms with van der Waals surface area (Å²) >= 11 is 0. The summed E-state index contributed by atoms with van der Waals surface area (Å²) in [7, 11) is 0. The maximum Gasteiger partial charge on any atom is 0.0579 e. The van der Waals surface area contributed by atoms with Crippen LogP contribution in [0.5, 0.6) is 0 Å². The Hall–Kier alpha value is -0.900. The van der Waals surface area contributed by atoms with Crippen molar-refractivity contribution >= 4 is 0 Å². The maximum absolute atomic E-state index is 9.49. The summed E-state index contributed by atoms with van der Waals surface area (Å²) < 4.78 is 5.27. The van der Waals surface area contributed by atoms with E-state index < -0.39 is 0 Å². The van der Waals surface area contributed by atoms with Gasteiger partial charge in [0.15, 0.2) is 0 Å². The lowest BCUT2D eigenvalue weighted by molar-refractivity contribution is -0.149. The summed E-state index contributed by atoms with van der Waals surface area (Å²) in [4.78, 5) is 2.50. The molecule has 0 unspecified atom stereocenters. The van der Waals surface area contributed by atoms with E-state index in [0.29, 0.717) is 5.92 Å². The van der Waals surface area contributed by atoms with E-state index in [0.717, 1.165) is 32.8 Å². The van der Waals surface area contributed by atoms with Crippen LogP contribution in [0, 0.1) is 5.41 Å². The lowest BCUT2D eigenvalue weighted by Crippen LogP contribution is -2.54. The average Bonchev–Trinajstić information content (AvgIpc) is 2.45. The molecule has 2 fully saturated rings. The zero-order valence-electron chi connectivity index (χ0n) is 11.4. The van der Waals surface area contributed by atoms with Gasteiger partial charge in [-0.3, -0.25) is 0 Å². The first-order chi connectivity index (χ1) is 9.31. The van der Waals surface area contributed by atoms with Crippen LogP contribution < -0.4 is 0 Å². The minimum absolute atomic E-state index is 0.0274. The molecule has 3 rings (SSSR count). The van der Waals surface area contributed by atoms with E-state index in [-0.39, 0.29) is 12.0 Å². The van der Waals surface area contributed by atoms with Crippen LogP contribution in [0.15, 0.2) is 30.3 Å². The number of benzene rings is 1. The van der Waals surface area contributed by atoms with Crippen LogP contribution in [0.4, 0.5) is 0 Å². The van der Waals surface area contributed by atoms with Crippen LogP contribution in [0.3, 0.4) is 0 Å². The summed E-state index contributed by atoms with van der Waals surface area (Å²) in [6, 6.07) is 10.8. The van der Waals surface area contributed by atoms with Crippen molar-refractivity contribution in [2.75, 3.05) is 39.5 Å². The maximum atomic E-state index is 9.49. The molecular formula is C16H23NO2. The van der Waals surface area contributed by atoms with Gasteiger partial charge < -0.3 is 14.7 Å². The van der Waals surface area contributed by atoms with E-state index in [2.05, 4.69) is 35.2 Å². The average molecular weight is 261 g/mol. The second kappa shape index (κ2) is 5.61. The van der Waals surface area contributed by atoms with Gasteiger partial charge in [0.1, 0.15) is 0 Å². The molecule has 0 saturated carbocycles. The molecule has 1 aromatic carbocycles. The van der Waals surface area contributed by atoms with E-state index in [1.165, 1.54) is 18.4 Å². The molecule has 0 aromatic heterocycles. The van der Waals surface area contributed by atoms with Gasteiger partial charge in [-0.1, -0.05) is 30.3 Å². The van der Waals surface area contributed by atoms with Crippen molar-refractivity contribution in [3.63, 3.8) is 0 Å². The van der Waals surface area contributed by atoms with E-state index >= 15 is 0 Å². The van der Waals surface area contributed by atoms with Crippen LogP contribution in [0.2, 0.25) is 0 Å². The minimum Gasteiger partial charge on any atom is -0.396 e. The Labute approximate surface area is 115 Å². The number of hydrogen-bond donors (Lipinski definition) is 1. The Bertz CT molecular complexity index is 389. The number of aliphatic hydroxyl groups is 1. The fraction of sp³-hybridized carbons (Fsp3) is 0.625.